The van der Waals surface area contributed by atoms with Gasteiger partial charge in [-0.2, -0.15) is 0 Å². The van der Waals surface area contributed by atoms with Gasteiger partial charge in [-0.3, -0.25) is 9.69 Å². The zero-order valence-corrected chi connectivity index (χ0v) is 16.2. The Balaban J connectivity index is 1.75. The molecule has 0 aromatic heterocycles. The van der Waals surface area contributed by atoms with Crippen LogP contribution in [0.2, 0.25) is 0 Å². The van der Waals surface area contributed by atoms with Gasteiger partial charge in [0.1, 0.15) is 5.54 Å². The van der Waals surface area contributed by atoms with Gasteiger partial charge in [-0.15, -0.1) is 0 Å². The number of carbonyl (C=O) groups is 1. The molecule has 3 N–H and O–H groups in total. The summed E-state index contributed by atoms with van der Waals surface area (Å²) in [6.45, 7) is 7.50. The minimum atomic E-state index is -1.07. The van der Waals surface area contributed by atoms with E-state index in [1.807, 2.05) is 30.3 Å². The van der Waals surface area contributed by atoms with Crippen LogP contribution in [0.5, 0.6) is 0 Å². The van der Waals surface area contributed by atoms with Gasteiger partial charge in [-0.05, 0) is 25.0 Å². The first-order chi connectivity index (χ1) is 13.0. The Kier molecular flexibility index (Phi) is 6.26. The molecule has 0 saturated carbocycles. The van der Waals surface area contributed by atoms with Crippen molar-refractivity contribution in [2.75, 3.05) is 32.8 Å². The zero-order valence-electron chi connectivity index (χ0n) is 16.2. The van der Waals surface area contributed by atoms with E-state index in [1.54, 1.807) is 6.92 Å². The van der Waals surface area contributed by atoms with Gasteiger partial charge in [0.2, 0.25) is 5.91 Å². The number of morpholine rings is 1. The SMILES string of the molecule is Cc1cccc(C(CNC(=O)C(C)(N)c2ccccc2)N2CCOCC2)c1. The highest BCUT2D eigenvalue weighted by molar-refractivity contribution is 5.87. The quantitative estimate of drug-likeness (QED) is 0.822. The molecule has 5 nitrogen and oxygen atoms in total. The van der Waals surface area contributed by atoms with Gasteiger partial charge in [-0.1, -0.05) is 60.2 Å². The molecule has 1 heterocycles. The Morgan fingerprint density at radius 1 is 1.19 bits per heavy atom. The molecule has 3 rings (SSSR count). The largest absolute Gasteiger partial charge is 0.379 e. The van der Waals surface area contributed by atoms with E-state index >= 15 is 0 Å². The molecular formula is C22H29N3O2. The number of amides is 1. The fourth-order valence-corrected chi connectivity index (χ4v) is 3.51. The lowest BCUT2D eigenvalue weighted by Gasteiger charge is -2.35. The van der Waals surface area contributed by atoms with Gasteiger partial charge in [0, 0.05) is 19.6 Å². The van der Waals surface area contributed by atoms with Crippen molar-refractivity contribution in [1.82, 2.24) is 10.2 Å². The van der Waals surface area contributed by atoms with Crippen molar-refractivity contribution in [3.8, 4) is 0 Å². The molecule has 2 unspecified atom stereocenters. The summed E-state index contributed by atoms with van der Waals surface area (Å²) in [6.07, 6.45) is 0. The third kappa shape index (κ3) is 4.75. The first-order valence-corrected chi connectivity index (χ1v) is 9.49. The third-order valence-electron chi connectivity index (χ3n) is 5.21. The van der Waals surface area contributed by atoms with E-state index in [0.717, 1.165) is 31.9 Å². The summed E-state index contributed by atoms with van der Waals surface area (Å²) in [7, 11) is 0. The molecule has 2 atom stereocenters. The van der Waals surface area contributed by atoms with Crippen LogP contribution in [0.3, 0.4) is 0 Å². The summed E-state index contributed by atoms with van der Waals surface area (Å²) in [5, 5.41) is 3.09. The molecule has 1 aliphatic heterocycles. The average molecular weight is 367 g/mol. The summed E-state index contributed by atoms with van der Waals surface area (Å²) >= 11 is 0. The maximum atomic E-state index is 12.9. The third-order valence-corrected chi connectivity index (χ3v) is 5.21. The fourth-order valence-electron chi connectivity index (χ4n) is 3.51. The number of carbonyl (C=O) groups excluding carboxylic acids is 1. The number of nitrogens with two attached hydrogens (primary N) is 1. The van der Waals surface area contributed by atoms with Crippen molar-refractivity contribution in [3.05, 3.63) is 71.3 Å². The number of benzene rings is 2. The van der Waals surface area contributed by atoms with E-state index in [-0.39, 0.29) is 11.9 Å². The highest BCUT2D eigenvalue weighted by Gasteiger charge is 2.31. The number of hydrogen-bond acceptors (Lipinski definition) is 4. The molecule has 0 bridgehead atoms. The Bertz CT molecular complexity index is 755. The molecule has 0 aliphatic carbocycles. The second-order valence-corrected chi connectivity index (χ2v) is 7.36. The second-order valence-electron chi connectivity index (χ2n) is 7.36. The topological polar surface area (TPSA) is 67.6 Å². The van der Waals surface area contributed by atoms with Crippen molar-refractivity contribution >= 4 is 5.91 Å². The lowest BCUT2D eigenvalue weighted by Crippen LogP contribution is -2.51. The van der Waals surface area contributed by atoms with Crippen molar-refractivity contribution in [3.63, 3.8) is 0 Å². The van der Waals surface area contributed by atoms with Crippen LogP contribution in [-0.4, -0.2) is 43.7 Å². The van der Waals surface area contributed by atoms with Crippen LogP contribution in [-0.2, 0) is 15.1 Å². The van der Waals surface area contributed by atoms with Gasteiger partial charge in [-0.25, -0.2) is 0 Å². The van der Waals surface area contributed by atoms with Gasteiger partial charge in [0.05, 0.1) is 19.3 Å². The van der Waals surface area contributed by atoms with Crippen molar-refractivity contribution in [2.24, 2.45) is 5.73 Å². The molecule has 1 amide bonds. The Morgan fingerprint density at radius 2 is 1.89 bits per heavy atom. The summed E-state index contributed by atoms with van der Waals surface area (Å²) in [5.74, 6) is -0.167. The number of ether oxygens (including phenoxy) is 1. The van der Waals surface area contributed by atoms with Crippen molar-refractivity contribution < 1.29 is 9.53 Å². The predicted octanol–water partition coefficient (Wildman–Crippen LogP) is 2.36. The molecular weight excluding hydrogens is 338 g/mol. The van der Waals surface area contributed by atoms with E-state index in [2.05, 4.69) is 41.4 Å². The molecule has 144 valence electrons. The normalized spacial score (nSPS) is 18.5. The van der Waals surface area contributed by atoms with Gasteiger partial charge in [0.15, 0.2) is 0 Å². The Morgan fingerprint density at radius 3 is 2.56 bits per heavy atom. The van der Waals surface area contributed by atoms with Crippen LogP contribution in [0, 0.1) is 6.92 Å². The van der Waals surface area contributed by atoms with E-state index in [1.165, 1.54) is 11.1 Å². The number of aryl methyl sites for hydroxylation is 1. The standard InChI is InChI=1S/C22H29N3O2/c1-17-7-6-8-18(15-17)20(25-11-13-27-14-12-25)16-24-21(26)22(2,23)19-9-4-3-5-10-19/h3-10,15,20H,11-14,16,23H2,1-2H3,(H,24,26). The highest BCUT2D eigenvalue weighted by atomic mass is 16.5. The molecule has 1 aliphatic rings. The minimum Gasteiger partial charge on any atom is -0.379 e. The highest BCUT2D eigenvalue weighted by Crippen LogP contribution is 2.23. The molecule has 5 heteroatoms. The summed E-state index contributed by atoms with van der Waals surface area (Å²) in [4.78, 5) is 15.2. The Labute approximate surface area is 161 Å². The van der Waals surface area contributed by atoms with Crippen molar-refractivity contribution in [2.45, 2.75) is 25.4 Å². The van der Waals surface area contributed by atoms with Crippen LogP contribution in [0.1, 0.15) is 29.7 Å². The van der Waals surface area contributed by atoms with E-state index in [4.69, 9.17) is 10.5 Å². The monoisotopic (exact) mass is 367 g/mol. The maximum Gasteiger partial charge on any atom is 0.244 e. The predicted molar refractivity (Wildman–Crippen MR) is 107 cm³/mol. The first kappa shape index (κ1) is 19.5. The molecule has 2 aromatic rings. The number of rotatable bonds is 6. The zero-order chi connectivity index (χ0) is 19.3. The lowest BCUT2D eigenvalue weighted by atomic mass is 9.92. The smallest absolute Gasteiger partial charge is 0.244 e. The van der Waals surface area contributed by atoms with E-state index in [0.29, 0.717) is 6.54 Å². The second kappa shape index (κ2) is 8.65. The summed E-state index contributed by atoms with van der Waals surface area (Å²) in [5.41, 5.74) is 8.52. The Hall–Kier alpha value is -2.21. The number of nitrogens with one attached hydrogen (secondary N) is 1. The van der Waals surface area contributed by atoms with E-state index in [9.17, 15) is 4.79 Å². The number of nitrogens with zero attached hydrogens (tertiary/aromatic N) is 1. The lowest BCUT2D eigenvalue weighted by molar-refractivity contribution is -0.126. The first-order valence-electron chi connectivity index (χ1n) is 9.49. The van der Waals surface area contributed by atoms with Crippen LogP contribution in [0.15, 0.2) is 54.6 Å². The van der Waals surface area contributed by atoms with Crippen LogP contribution in [0.25, 0.3) is 0 Å². The molecule has 0 radical (unpaired) electrons. The van der Waals surface area contributed by atoms with Gasteiger partial charge < -0.3 is 15.8 Å². The van der Waals surface area contributed by atoms with Crippen molar-refractivity contribution in [1.29, 1.82) is 0 Å². The van der Waals surface area contributed by atoms with Crippen LogP contribution < -0.4 is 11.1 Å². The van der Waals surface area contributed by atoms with Gasteiger partial charge in [0.25, 0.3) is 0 Å². The summed E-state index contributed by atoms with van der Waals surface area (Å²) < 4.78 is 5.50. The maximum absolute atomic E-state index is 12.9. The van der Waals surface area contributed by atoms with Crippen LogP contribution >= 0.6 is 0 Å². The van der Waals surface area contributed by atoms with Crippen LogP contribution in [0.4, 0.5) is 0 Å². The molecule has 2 aromatic carbocycles. The molecule has 1 saturated heterocycles. The molecule has 27 heavy (non-hydrogen) atoms. The average Bonchev–Trinajstić information content (AvgIpc) is 2.69. The minimum absolute atomic E-state index is 0.101. The fraction of sp³-hybridized carbons (Fsp3) is 0.409. The molecule has 0 spiro atoms. The molecule has 1 fully saturated rings. The number of hydrogen-bond donors (Lipinski definition) is 2. The van der Waals surface area contributed by atoms with E-state index < -0.39 is 5.54 Å². The summed E-state index contributed by atoms with van der Waals surface area (Å²) in [6, 6.07) is 18.1. The van der Waals surface area contributed by atoms with Gasteiger partial charge >= 0.3 is 0 Å².